The Bertz CT molecular complexity index is 1130. The number of amides is 1. The largest absolute Gasteiger partial charge is 0.486 e. The van der Waals surface area contributed by atoms with Crippen molar-refractivity contribution in [2.75, 3.05) is 19.8 Å². The van der Waals surface area contributed by atoms with Crippen LogP contribution in [0.1, 0.15) is 49.6 Å². The van der Waals surface area contributed by atoms with Crippen molar-refractivity contribution in [1.29, 1.82) is 0 Å². The van der Waals surface area contributed by atoms with Crippen LogP contribution in [0, 0.1) is 5.92 Å². The zero-order valence-electron chi connectivity index (χ0n) is 18.6. The molecule has 6 heteroatoms. The maximum atomic E-state index is 12.7. The van der Waals surface area contributed by atoms with Gasteiger partial charge in [0.05, 0.1) is 6.04 Å². The second-order valence-electron chi connectivity index (χ2n) is 8.85. The van der Waals surface area contributed by atoms with Gasteiger partial charge in [-0.1, -0.05) is 19.9 Å². The Kier molecular flexibility index (Phi) is 5.68. The second-order valence-corrected chi connectivity index (χ2v) is 8.85. The third kappa shape index (κ3) is 4.14. The normalized spacial score (nSPS) is 16.0. The van der Waals surface area contributed by atoms with Gasteiger partial charge in [0, 0.05) is 17.4 Å². The second kappa shape index (κ2) is 8.77. The topological polar surface area (TPSA) is 69.9 Å². The van der Waals surface area contributed by atoms with E-state index in [4.69, 9.17) is 18.6 Å². The van der Waals surface area contributed by atoms with E-state index < -0.39 is 0 Å². The monoisotopic (exact) mass is 435 g/mol. The summed E-state index contributed by atoms with van der Waals surface area (Å²) < 4.78 is 23.1. The molecule has 0 saturated carbocycles. The van der Waals surface area contributed by atoms with Gasteiger partial charge in [-0.2, -0.15) is 0 Å². The third-order valence-electron chi connectivity index (χ3n) is 6.20. The number of benzene rings is 2. The molecule has 6 nitrogen and oxygen atoms in total. The predicted molar refractivity (Wildman–Crippen MR) is 122 cm³/mol. The van der Waals surface area contributed by atoms with Crippen LogP contribution in [0.25, 0.3) is 11.0 Å². The number of hydrogen-bond donors (Lipinski definition) is 1. The van der Waals surface area contributed by atoms with Crippen LogP contribution < -0.4 is 19.5 Å². The Hall–Kier alpha value is -3.15. The first-order chi connectivity index (χ1) is 15.6. The molecule has 0 saturated heterocycles. The van der Waals surface area contributed by atoms with E-state index in [2.05, 4.69) is 19.2 Å². The van der Waals surface area contributed by atoms with Gasteiger partial charge in [-0.3, -0.25) is 4.79 Å². The van der Waals surface area contributed by atoms with Crippen LogP contribution in [0.5, 0.6) is 17.2 Å². The summed E-state index contributed by atoms with van der Waals surface area (Å²) in [6.07, 6.45) is 4.40. The van der Waals surface area contributed by atoms with Crippen LogP contribution >= 0.6 is 0 Å². The fourth-order valence-electron chi connectivity index (χ4n) is 4.58. The molecule has 32 heavy (non-hydrogen) atoms. The molecule has 0 radical (unpaired) electrons. The van der Waals surface area contributed by atoms with Crippen molar-refractivity contribution in [2.45, 2.75) is 45.6 Å². The number of carbonyl (C=O) groups excluding carboxylic acids is 1. The first-order valence-electron chi connectivity index (χ1n) is 11.4. The van der Waals surface area contributed by atoms with Crippen molar-refractivity contribution in [3.05, 3.63) is 53.3 Å². The minimum Gasteiger partial charge on any atom is -0.486 e. The van der Waals surface area contributed by atoms with Gasteiger partial charge in [-0.15, -0.1) is 0 Å². The lowest BCUT2D eigenvalue weighted by atomic mass is 9.95. The summed E-state index contributed by atoms with van der Waals surface area (Å²) in [6, 6.07) is 11.5. The standard InChI is InChI=1S/C26H29NO5/c1-16(2)26(17-7-9-23-24(13-17)30-12-11-29-23)27-25(28)15-31-18-8-10-22-20(14-18)19-5-3-4-6-21(19)32-22/h7-10,13-14,16,26H,3-6,11-12,15H2,1-2H3,(H,27,28)/t26-/m0/s1. The minimum absolute atomic E-state index is 0.0423. The van der Waals surface area contributed by atoms with E-state index >= 15 is 0 Å². The molecule has 1 atom stereocenters. The molecule has 0 unspecified atom stereocenters. The summed E-state index contributed by atoms with van der Waals surface area (Å²) in [5, 5.41) is 4.22. The molecule has 1 N–H and O–H groups in total. The summed E-state index contributed by atoms with van der Waals surface area (Å²) in [5.41, 5.74) is 3.18. The third-order valence-corrected chi connectivity index (χ3v) is 6.20. The molecule has 0 spiro atoms. The quantitative estimate of drug-likeness (QED) is 0.592. The first-order valence-corrected chi connectivity index (χ1v) is 11.4. The lowest BCUT2D eigenvalue weighted by Crippen LogP contribution is -2.35. The van der Waals surface area contributed by atoms with Crippen molar-refractivity contribution >= 4 is 16.9 Å². The SMILES string of the molecule is CC(C)[C@H](NC(=O)COc1ccc2oc3c(c2c1)CCCC3)c1ccc2c(c1)OCCO2. The van der Waals surface area contributed by atoms with Crippen LogP contribution in [-0.4, -0.2) is 25.7 Å². The van der Waals surface area contributed by atoms with Crippen LogP contribution in [-0.2, 0) is 17.6 Å². The summed E-state index contributed by atoms with van der Waals surface area (Å²) in [7, 11) is 0. The van der Waals surface area contributed by atoms with Gasteiger partial charge in [0.15, 0.2) is 18.1 Å². The van der Waals surface area contributed by atoms with E-state index in [0.717, 1.165) is 46.6 Å². The van der Waals surface area contributed by atoms with Crippen LogP contribution in [0.4, 0.5) is 0 Å². The van der Waals surface area contributed by atoms with Gasteiger partial charge in [-0.05, 0) is 61.1 Å². The Morgan fingerprint density at radius 3 is 2.69 bits per heavy atom. The summed E-state index contributed by atoms with van der Waals surface area (Å²) in [4.78, 5) is 12.7. The molecule has 2 heterocycles. The fourth-order valence-corrected chi connectivity index (χ4v) is 4.58. The van der Waals surface area contributed by atoms with Crippen molar-refractivity contribution in [1.82, 2.24) is 5.32 Å². The summed E-state index contributed by atoms with van der Waals surface area (Å²) >= 11 is 0. The number of nitrogens with one attached hydrogen (secondary N) is 1. The molecule has 5 rings (SSSR count). The smallest absolute Gasteiger partial charge is 0.258 e. The highest BCUT2D eigenvalue weighted by Crippen LogP contribution is 2.35. The Morgan fingerprint density at radius 1 is 1.03 bits per heavy atom. The van der Waals surface area contributed by atoms with Crippen molar-refractivity contribution < 1.29 is 23.4 Å². The summed E-state index contributed by atoms with van der Waals surface area (Å²) in [6.45, 7) is 5.21. The lowest BCUT2D eigenvalue weighted by Gasteiger charge is -2.25. The van der Waals surface area contributed by atoms with Gasteiger partial charge in [0.1, 0.15) is 30.3 Å². The Morgan fingerprint density at radius 2 is 1.84 bits per heavy atom. The number of ether oxygens (including phenoxy) is 3. The maximum absolute atomic E-state index is 12.7. The molecule has 3 aromatic rings. The average molecular weight is 436 g/mol. The first kappa shape index (κ1) is 20.7. The molecular formula is C26H29NO5. The number of rotatable bonds is 6. The van der Waals surface area contributed by atoms with E-state index in [1.165, 1.54) is 18.4 Å². The van der Waals surface area contributed by atoms with Crippen molar-refractivity contribution in [3.8, 4) is 17.2 Å². The molecule has 0 bridgehead atoms. The van der Waals surface area contributed by atoms with E-state index in [9.17, 15) is 4.79 Å². The van der Waals surface area contributed by atoms with Gasteiger partial charge in [-0.25, -0.2) is 0 Å². The van der Waals surface area contributed by atoms with Gasteiger partial charge < -0.3 is 23.9 Å². The zero-order valence-corrected chi connectivity index (χ0v) is 18.6. The molecule has 0 fully saturated rings. The molecular weight excluding hydrogens is 406 g/mol. The highest BCUT2D eigenvalue weighted by Gasteiger charge is 2.22. The highest BCUT2D eigenvalue weighted by atomic mass is 16.6. The lowest BCUT2D eigenvalue weighted by molar-refractivity contribution is -0.124. The van der Waals surface area contributed by atoms with Crippen LogP contribution in [0.2, 0.25) is 0 Å². The highest BCUT2D eigenvalue weighted by molar-refractivity contribution is 5.84. The number of furan rings is 1. The van der Waals surface area contributed by atoms with E-state index in [1.807, 2.05) is 36.4 Å². The van der Waals surface area contributed by atoms with Gasteiger partial charge >= 0.3 is 0 Å². The number of hydrogen-bond acceptors (Lipinski definition) is 5. The Balaban J connectivity index is 1.26. The van der Waals surface area contributed by atoms with E-state index in [1.54, 1.807) is 0 Å². The molecule has 2 aliphatic rings. The maximum Gasteiger partial charge on any atom is 0.258 e. The Labute approximate surface area is 187 Å². The van der Waals surface area contributed by atoms with Crippen LogP contribution in [0.15, 0.2) is 40.8 Å². The number of fused-ring (bicyclic) bond motifs is 4. The predicted octanol–water partition coefficient (Wildman–Crippen LogP) is 4.98. The average Bonchev–Trinajstić information content (AvgIpc) is 3.18. The van der Waals surface area contributed by atoms with Crippen molar-refractivity contribution in [2.24, 2.45) is 5.92 Å². The van der Waals surface area contributed by atoms with Gasteiger partial charge in [0.2, 0.25) is 0 Å². The minimum atomic E-state index is -0.159. The number of aryl methyl sites for hydroxylation is 2. The van der Waals surface area contributed by atoms with E-state index in [-0.39, 0.29) is 24.5 Å². The van der Waals surface area contributed by atoms with E-state index in [0.29, 0.717) is 19.0 Å². The molecule has 168 valence electrons. The molecule has 1 aromatic heterocycles. The van der Waals surface area contributed by atoms with Crippen molar-refractivity contribution in [3.63, 3.8) is 0 Å². The summed E-state index contributed by atoms with van der Waals surface area (Å²) in [5.74, 6) is 3.29. The molecule has 2 aromatic carbocycles. The fraction of sp³-hybridized carbons (Fsp3) is 0.423. The molecule has 1 aliphatic carbocycles. The molecule has 1 amide bonds. The number of carbonyl (C=O) groups is 1. The van der Waals surface area contributed by atoms with Crippen LogP contribution in [0.3, 0.4) is 0 Å². The molecule has 1 aliphatic heterocycles. The van der Waals surface area contributed by atoms with Gasteiger partial charge in [0.25, 0.3) is 5.91 Å². The zero-order chi connectivity index (χ0) is 22.1.